The van der Waals surface area contributed by atoms with E-state index in [9.17, 15) is 9.59 Å². The van der Waals surface area contributed by atoms with E-state index < -0.39 is 0 Å². The summed E-state index contributed by atoms with van der Waals surface area (Å²) < 4.78 is 17.6. The van der Waals surface area contributed by atoms with Crippen molar-refractivity contribution in [1.82, 2.24) is 14.7 Å². The number of esters is 1. The zero-order chi connectivity index (χ0) is 25.8. The van der Waals surface area contributed by atoms with Crippen LogP contribution in [0, 0.1) is 5.92 Å². The molecule has 1 fully saturated rings. The summed E-state index contributed by atoms with van der Waals surface area (Å²) in [6.45, 7) is 3.01. The first-order valence-electron chi connectivity index (χ1n) is 11.6. The Hall–Kier alpha value is -3.23. The standard InChI is InChI=1S/C26H27Cl2N3O5/c1-4-36-26(33)16-9-11-30(12-10-16)25(32)23-15-22(19-7-6-18(34-2)14-24(19)35-3)29-31(23)17-5-8-20(27)21(28)13-17/h5-8,13-16H,4,9-12H2,1-3H3. The number of rotatable bonds is 7. The molecule has 2 heterocycles. The van der Waals surface area contributed by atoms with Gasteiger partial charge in [-0.1, -0.05) is 23.2 Å². The average Bonchev–Trinajstić information content (AvgIpc) is 3.35. The van der Waals surface area contributed by atoms with Gasteiger partial charge in [-0.25, -0.2) is 4.68 Å². The van der Waals surface area contributed by atoms with Gasteiger partial charge < -0.3 is 19.1 Å². The molecule has 0 spiro atoms. The van der Waals surface area contributed by atoms with Crippen LogP contribution in [0.15, 0.2) is 42.5 Å². The van der Waals surface area contributed by atoms with Gasteiger partial charge in [0.2, 0.25) is 0 Å². The second kappa shape index (κ2) is 11.2. The van der Waals surface area contributed by atoms with Crippen molar-refractivity contribution >= 4 is 35.1 Å². The van der Waals surface area contributed by atoms with Gasteiger partial charge in [-0.2, -0.15) is 5.10 Å². The number of hydrogen-bond acceptors (Lipinski definition) is 6. The van der Waals surface area contributed by atoms with Gasteiger partial charge in [0, 0.05) is 24.7 Å². The van der Waals surface area contributed by atoms with Gasteiger partial charge in [0.05, 0.1) is 48.2 Å². The second-order valence-corrected chi connectivity index (χ2v) is 9.12. The Labute approximate surface area is 219 Å². The lowest BCUT2D eigenvalue weighted by molar-refractivity contribution is -0.149. The van der Waals surface area contributed by atoms with E-state index in [2.05, 4.69) is 0 Å². The molecule has 0 N–H and O–H groups in total. The monoisotopic (exact) mass is 531 g/mol. The average molecular weight is 532 g/mol. The molecule has 10 heteroatoms. The van der Waals surface area contributed by atoms with Crippen molar-refractivity contribution < 1.29 is 23.8 Å². The topological polar surface area (TPSA) is 82.9 Å². The number of carbonyl (C=O) groups excluding carboxylic acids is 2. The molecule has 190 valence electrons. The van der Waals surface area contributed by atoms with E-state index in [1.165, 1.54) is 0 Å². The number of amides is 1. The third kappa shape index (κ3) is 5.29. The first-order chi connectivity index (χ1) is 17.4. The maximum absolute atomic E-state index is 13.7. The Morgan fingerprint density at radius 1 is 1.00 bits per heavy atom. The number of hydrogen-bond donors (Lipinski definition) is 0. The van der Waals surface area contributed by atoms with Crippen LogP contribution in [0.3, 0.4) is 0 Å². The second-order valence-electron chi connectivity index (χ2n) is 8.31. The Kier molecular flexibility index (Phi) is 8.06. The molecular formula is C26H27Cl2N3O5. The summed E-state index contributed by atoms with van der Waals surface area (Å²) in [6, 6.07) is 12.2. The number of ether oxygens (including phenoxy) is 3. The smallest absolute Gasteiger partial charge is 0.309 e. The van der Waals surface area contributed by atoms with Crippen LogP contribution < -0.4 is 9.47 Å². The number of piperidine rings is 1. The van der Waals surface area contributed by atoms with Crippen LogP contribution in [-0.2, 0) is 9.53 Å². The summed E-state index contributed by atoms with van der Waals surface area (Å²) in [5.41, 5.74) is 2.20. The fraction of sp³-hybridized carbons (Fsp3) is 0.346. The van der Waals surface area contributed by atoms with E-state index in [0.29, 0.717) is 76.7 Å². The van der Waals surface area contributed by atoms with E-state index in [1.54, 1.807) is 67.1 Å². The Morgan fingerprint density at radius 2 is 1.75 bits per heavy atom. The third-order valence-corrected chi connectivity index (χ3v) is 6.90. The largest absolute Gasteiger partial charge is 0.497 e. The molecule has 1 amide bonds. The summed E-state index contributed by atoms with van der Waals surface area (Å²) in [4.78, 5) is 27.5. The van der Waals surface area contributed by atoms with Crippen molar-refractivity contribution in [2.45, 2.75) is 19.8 Å². The molecule has 0 saturated carbocycles. The minimum atomic E-state index is -0.209. The summed E-state index contributed by atoms with van der Waals surface area (Å²) in [5.74, 6) is 0.588. The predicted octanol–water partition coefficient (Wildman–Crippen LogP) is 5.28. The third-order valence-electron chi connectivity index (χ3n) is 6.16. The SMILES string of the molecule is CCOC(=O)C1CCN(C(=O)c2cc(-c3ccc(OC)cc3OC)nn2-c2ccc(Cl)c(Cl)c2)CC1. The van der Waals surface area contributed by atoms with Gasteiger partial charge in [-0.15, -0.1) is 0 Å². The molecule has 36 heavy (non-hydrogen) atoms. The van der Waals surface area contributed by atoms with Crippen molar-refractivity contribution in [2.24, 2.45) is 5.92 Å². The Morgan fingerprint density at radius 3 is 2.39 bits per heavy atom. The molecule has 0 atom stereocenters. The summed E-state index contributed by atoms with van der Waals surface area (Å²) in [7, 11) is 3.14. The van der Waals surface area contributed by atoms with Gasteiger partial charge in [0.1, 0.15) is 17.2 Å². The zero-order valence-electron chi connectivity index (χ0n) is 20.3. The first kappa shape index (κ1) is 25.9. The maximum Gasteiger partial charge on any atom is 0.309 e. The van der Waals surface area contributed by atoms with Gasteiger partial charge >= 0.3 is 5.97 Å². The number of nitrogens with zero attached hydrogens (tertiary/aromatic N) is 3. The van der Waals surface area contributed by atoms with Crippen LogP contribution in [0.1, 0.15) is 30.3 Å². The van der Waals surface area contributed by atoms with Crippen LogP contribution in [0.2, 0.25) is 10.0 Å². The van der Waals surface area contributed by atoms with Crippen molar-refractivity contribution in [3.63, 3.8) is 0 Å². The highest BCUT2D eigenvalue weighted by Gasteiger charge is 2.31. The Bertz CT molecular complexity index is 1270. The Balaban J connectivity index is 1.71. The van der Waals surface area contributed by atoms with Gasteiger partial charge in [-0.3, -0.25) is 9.59 Å². The zero-order valence-corrected chi connectivity index (χ0v) is 21.8. The van der Waals surface area contributed by atoms with E-state index in [-0.39, 0.29) is 17.8 Å². The lowest BCUT2D eigenvalue weighted by Gasteiger charge is -2.30. The van der Waals surface area contributed by atoms with E-state index in [1.807, 2.05) is 6.07 Å². The fourth-order valence-corrected chi connectivity index (χ4v) is 4.52. The van der Waals surface area contributed by atoms with E-state index in [0.717, 1.165) is 0 Å². The number of halogens is 2. The first-order valence-corrected chi connectivity index (χ1v) is 12.4. The van der Waals surface area contributed by atoms with Gasteiger partial charge in [0.15, 0.2) is 0 Å². The summed E-state index contributed by atoms with van der Waals surface area (Å²) >= 11 is 12.4. The normalized spacial score (nSPS) is 14.0. The molecule has 4 rings (SSSR count). The highest BCUT2D eigenvalue weighted by atomic mass is 35.5. The molecule has 0 aliphatic carbocycles. The minimum absolute atomic E-state index is 0.199. The number of methoxy groups -OCH3 is 2. The van der Waals surface area contributed by atoms with Crippen molar-refractivity contribution in [1.29, 1.82) is 0 Å². The quantitative estimate of drug-likeness (QED) is 0.385. The molecule has 0 unspecified atom stereocenters. The van der Waals surface area contributed by atoms with E-state index in [4.69, 9.17) is 42.5 Å². The molecule has 1 aliphatic heterocycles. The van der Waals surface area contributed by atoms with Crippen LogP contribution in [0.5, 0.6) is 11.5 Å². The number of aromatic nitrogens is 2. The highest BCUT2D eigenvalue weighted by molar-refractivity contribution is 6.42. The van der Waals surface area contributed by atoms with Crippen molar-refractivity contribution in [2.75, 3.05) is 33.9 Å². The molecule has 0 radical (unpaired) electrons. The summed E-state index contributed by atoms with van der Waals surface area (Å²) in [6.07, 6.45) is 1.09. The molecule has 1 saturated heterocycles. The maximum atomic E-state index is 13.7. The molecular weight excluding hydrogens is 505 g/mol. The summed E-state index contributed by atoms with van der Waals surface area (Å²) in [5, 5.41) is 5.49. The van der Waals surface area contributed by atoms with Crippen molar-refractivity contribution in [3.8, 4) is 28.4 Å². The predicted molar refractivity (Wildman–Crippen MR) is 137 cm³/mol. The number of benzene rings is 2. The van der Waals surface area contributed by atoms with Crippen LogP contribution >= 0.6 is 23.2 Å². The van der Waals surface area contributed by atoms with Crippen molar-refractivity contribution in [3.05, 3.63) is 58.2 Å². The minimum Gasteiger partial charge on any atom is -0.497 e. The fourth-order valence-electron chi connectivity index (χ4n) is 4.23. The molecule has 0 bridgehead atoms. The molecule has 2 aromatic carbocycles. The van der Waals surface area contributed by atoms with Gasteiger partial charge in [0.25, 0.3) is 5.91 Å². The van der Waals surface area contributed by atoms with E-state index >= 15 is 0 Å². The lowest BCUT2D eigenvalue weighted by Crippen LogP contribution is -2.41. The molecule has 1 aliphatic rings. The lowest BCUT2D eigenvalue weighted by atomic mass is 9.97. The molecule has 3 aromatic rings. The van der Waals surface area contributed by atoms with Gasteiger partial charge in [-0.05, 0) is 56.2 Å². The number of likely N-dealkylation sites (tertiary alicyclic amines) is 1. The van der Waals surface area contributed by atoms with Crippen LogP contribution in [0.4, 0.5) is 0 Å². The molecule has 8 nitrogen and oxygen atoms in total. The van der Waals surface area contributed by atoms with Crippen LogP contribution in [-0.4, -0.2) is 60.5 Å². The number of carbonyl (C=O) groups is 2. The molecule has 1 aromatic heterocycles. The van der Waals surface area contributed by atoms with Crippen LogP contribution in [0.25, 0.3) is 16.9 Å². The highest BCUT2D eigenvalue weighted by Crippen LogP contribution is 2.34.